The molecule has 0 saturated heterocycles. The number of halogens is 2. The Labute approximate surface area is 110 Å². The molecule has 1 heterocycles. The number of benzene rings is 1. The fourth-order valence-corrected chi connectivity index (χ4v) is 1.69. The van der Waals surface area contributed by atoms with Crippen LogP contribution in [0.2, 0.25) is 10.0 Å². The number of rotatable bonds is 3. The Balaban J connectivity index is 2.07. The summed E-state index contributed by atoms with van der Waals surface area (Å²) in [6, 6.07) is 5.42. The lowest BCUT2D eigenvalue weighted by atomic mass is 10.3. The minimum absolute atomic E-state index is 0.533. The van der Waals surface area contributed by atoms with Crippen LogP contribution in [0.1, 0.15) is 11.6 Å². The zero-order valence-electron chi connectivity index (χ0n) is 9.54. The van der Waals surface area contributed by atoms with Crippen molar-refractivity contribution in [3.05, 3.63) is 39.9 Å². The maximum atomic E-state index is 5.93. The number of nitrogens with one attached hydrogen (secondary N) is 1. The molecule has 0 fully saturated rings. The van der Waals surface area contributed by atoms with E-state index in [-0.39, 0.29) is 0 Å². The van der Waals surface area contributed by atoms with Crippen molar-refractivity contribution in [1.82, 2.24) is 14.8 Å². The van der Waals surface area contributed by atoms with Crippen molar-refractivity contribution < 1.29 is 0 Å². The van der Waals surface area contributed by atoms with E-state index in [1.165, 1.54) is 0 Å². The fraction of sp³-hybridized carbons (Fsp3) is 0.273. The largest absolute Gasteiger partial charge is 0.378 e. The smallest absolute Gasteiger partial charge is 0.152 e. The van der Waals surface area contributed by atoms with Crippen molar-refractivity contribution in [2.24, 2.45) is 7.05 Å². The molecule has 1 aromatic heterocycles. The fourth-order valence-electron chi connectivity index (χ4n) is 1.39. The van der Waals surface area contributed by atoms with Crippen molar-refractivity contribution in [1.29, 1.82) is 0 Å². The van der Waals surface area contributed by atoms with Crippen LogP contribution < -0.4 is 5.32 Å². The van der Waals surface area contributed by atoms with E-state index in [0.29, 0.717) is 16.6 Å². The maximum absolute atomic E-state index is 5.93. The third kappa shape index (κ3) is 2.70. The van der Waals surface area contributed by atoms with E-state index in [0.717, 1.165) is 17.3 Å². The Morgan fingerprint density at radius 3 is 2.59 bits per heavy atom. The SMILES string of the molecule is Cc1nnc(CNc2ccc(Cl)c(Cl)c2)n1C. The average molecular weight is 271 g/mol. The molecule has 17 heavy (non-hydrogen) atoms. The van der Waals surface area contributed by atoms with Crippen molar-refractivity contribution in [2.75, 3.05) is 5.32 Å². The minimum atomic E-state index is 0.533. The summed E-state index contributed by atoms with van der Waals surface area (Å²) in [4.78, 5) is 0. The third-order valence-corrected chi connectivity index (χ3v) is 3.29. The minimum Gasteiger partial charge on any atom is -0.378 e. The first-order chi connectivity index (χ1) is 8.08. The van der Waals surface area contributed by atoms with Crippen molar-refractivity contribution in [2.45, 2.75) is 13.5 Å². The highest BCUT2D eigenvalue weighted by atomic mass is 35.5. The zero-order valence-corrected chi connectivity index (χ0v) is 11.0. The second-order valence-corrected chi connectivity index (χ2v) is 4.52. The molecule has 4 nitrogen and oxygen atoms in total. The van der Waals surface area contributed by atoms with Gasteiger partial charge in [0.05, 0.1) is 16.6 Å². The summed E-state index contributed by atoms with van der Waals surface area (Å²) in [5.41, 5.74) is 0.903. The highest BCUT2D eigenvalue weighted by Gasteiger charge is 2.05. The predicted octanol–water partition coefficient (Wildman–Crippen LogP) is 3.04. The number of hydrogen-bond acceptors (Lipinski definition) is 3. The average Bonchev–Trinajstić information content (AvgIpc) is 2.62. The van der Waals surface area contributed by atoms with E-state index >= 15 is 0 Å². The molecule has 0 radical (unpaired) electrons. The molecule has 0 unspecified atom stereocenters. The van der Waals surface area contributed by atoms with Gasteiger partial charge < -0.3 is 9.88 Å². The molecule has 0 aliphatic carbocycles. The summed E-state index contributed by atoms with van der Waals surface area (Å²) in [6.45, 7) is 2.50. The summed E-state index contributed by atoms with van der Waals surface area (Å²) in [5, 5.41) is 12.3. The Kier molecular flexibility index (Phi) is 3.54. The van der Waals surface area contributed by atoms with Crippen molar-refractivity contribution >= 4 is 28.9 Å². The second-order valence-electron chi connectivity index (χ2n) is 3.70. The molecular formula is C11H12Cl2N4. The highest BCUT2D eigenvalue weighted by Crippen LogP contribution is 2.25. The van der Waals surface area contributed by atoms with E-state index in [1.807, 2.05) is 24.6 Å². The van der Waals surface area contributed by atoms with Crippen LogP contribution >= 0.6 is 23.2 Å². The van der Waals surface area contributed by atoms with Gasteiger partial charge >= 0.3 is 0 Å². The van der Waals surface area contributed by atoms with Crippen molar-refractivity contribution in [3.8, 4) is 0 Å². The first kappa shape index (κ1) is 12.2. The number of aryl methyl sites for hydroxylation is 1. The van der Waals surface area contributed by atoms with Crippen LogP contribution in [-0.4, -0.2) is 14.8 Å². The molecule has 1 N–H and O–H groups in total. The van der Waals surface area contributed by atoms with Crippen LogP contribution in [-0.2, 0) is 13.6 Å². The summed E-state index contributed by atoms with van der Waals surface area (Å²) < 4.78 is 1.94. The van der Waals surface area contributed by atoms with Crippen LogP contribution in [0, 0.1) is 6.92 Å². The van der Waals surface area contributed by atoms with E-state index in [2.05, 4.69) is 15.5 Å². The number of aromatic nitrogens is 3. The first-order valence-corrected chi connectivity index (χ1v) is 5.87. The molecule has 2 aromatic rings. The van der Waals surface area contributed by atoms with Crippen LogP contribution in [0.15, 0.2) is 18.2 Å². The second kappa shape index (κ2) is 4.94. The first-order valence-electron chi connectivity index (χ1n) is 5.11. The van der Waals surface area contributed by atoms with Crippen molar-refractivity contribution in [3.63, 3.8) is 0 Å². The molecule has 0 bridgehead atoms. The molecule has 6 heteroatoms. The number of nitrogens with zero attached hydrogens (tertiary/aromatic N) is 3. The normalized spacial score (nSPS) is 10.6. The molecular weight excluding hydrogens is 259 g/mol. The Morgan fingerprint density at radius 2 is 2.00 bits per heavy atom. The van der Waals surface area contributed by atoms with E-state index in [4.69, 9.17) is 23.2 Å². The molecule has 0 saturated carbocycles. The van der Waals surface area contributed by atoms with Gasteiger partial charge in [0.2, 0.25) is 0 Å². The van der Waals surface area contributed by atoms with Crippen LogP contribution in [0.4, 0.5) is 5.69 Å². The molecule has 0 spiro atoms. The Morgan fingerprint density at radius 1 is 1.24 bits per heavy atom. The van der Waals surface area contributed by atoms with Gasteiger partial charge in [-0.15, -0.1) is 10.2 Å². The summed E-state index contributed by atoms with van der Waals surface area (Å²) in [5.74, 6) is 1.75. The molecule has 0 aliphatic heterocycles. The molecule has 2 rings (SSSR count). The van der Waals surface area contributed by atoms with E-state index < -0.39 is 0 Å². The Hall–Kier alpha value is -1.26. The van der Waals surface area contributed by atoms with Crippen LogP contribution in [0.5, 0.6) is 0 Å². The van der Waals surface area contributed by atoms with Gasteiger partial charge in [-0.05, 0) is 25.1 Å². The van der Waals surface area contributed by atoms with Crippen LogP contribution in [0.25, 0.3) is 0 Å². The molecule has 90 valence electrons. The van der Waals surface area contributed by atoms with Gasteiger partial charge in [0.1, 0.15) is 5.82 Å². The summed E-state index contributed by atoms with van der Waals surface area (Å²) in [7, 11) is 1.93. The molecule has 0 amide bonds. The standard InChI is InChI=1S/C11H12Cl2N4/c1-7-15-16-11(17(7)2)6-14-8-3-4-9(12)10(13)5-8/h3-5,14H,6H2,1-2H3. The lowest BCUT2D eigenvalue weighted by molar-refractivity contribution is 0.789. The van der Waals surface area contributed by atoms with Gasteiger partial charge in [-0.3, -0.25) is 0 Å². The van der Waals surface area contributed by atoms with Gasteiger partial charge in [0.25, 0.3) is 0 Å². The van der Waals surface area contributed by atoms with Gasteiger partial charge in [0.15, 0.2) is 5.82 Å². The molecule has 1 aromatic carbocycles. The summed E-state index contributed by atoms with van der Waals surface area (Å²) in [6.07, 6.45) is 0. The maximum Gasteiger partial charge on any atom is 0.152 e. The van der Waals surface area contributed by atoms with Gasteiger partial charge in [-0.25, -0.2) is 0 Å². The third-order valence-electron chi connectivity index (χ3n) is 2.55. The van der Waals surface area contributed by atoms with E-state index in [1.54, 1.807) is 12.1 Å². The number of hydrogen-bond donors (Lipinski definition) is 1. The van der Waals surface area contributed by atoms with Gasteiger partial charge in [0, 0.05) is 12.7 Å². The lowest BCUT2D eigenvalue weighted by Crippen LogP contribution is -2.06. The van der Waals surface area contributed by atoms with Gasteiger partial charge in [-0.2, -0.15) is 0 Å². The predicted molar refractivity (Wildman–Crippen MR) is 69.5 cm³/mol. The van der Waals surface area contributed by atoms with Gasteiger partial charge in [-0.1, -0.05) is 23.2 Å². The molecule has 0 atom stereocenters. The Bertz CT molecular complexity index is 536. The summed E-state index contributed by atoms with van der Waals surface area (Å²) >= 11 is 11.8. The van der Waals surface area contributed by atoms with Crippen LogP contribution in [0.3, 0.4) is 0 Å². The van der Waals surface area contributed by atoms with E-state index in [9.17, 15) is 0 Å². The monoisotopic (exact) mass is 270 g/mol. The number of anilines is 1. The zero-order chi connectivity index (χ0) is 12.4. The topological polar surface area (TPSA) is 42.7 Å². The lowest BCUT2D eigenvalue weighted by Gasteiger charge is -2.07. The highest BCUT2D eigenvalue weighted by molar-refractivity contribution is 6.42. The quantitative estimate of drug-likeness (QED) is 0.933. The molecule has 0 aliphatic rings.